The Bertz CT molecular complexity index is 699. The van der Waals surface area contributed by atoms with E-state index in [-0.39, 0.29) is 5.91 Å². The summed E-state index contributed by atoms with van der Waals surface area (Å²) in [4.78, 5) is 18.1. The molecule has 1 heterocycles. The van der Waals surface area contributed by atoms with E-state index in [1.54, 1.807) is 11.8 Å². The Morgan fingerprint density at radius 2 is 1.69 bits per heavy atom. The summed E-state index contributed by atoms with van der Waals surface area (Å²) in [6.45, 7) is 7.17. The molecule has 1 N–H and O–H groups in total. The molecule has 0 atom stereocenters. The highest BCUT2D eigenvalue weighted by atomic mass is 32.2. The van der Waals surface area contributed by atoms with Crippen LogP contribution in [0.3, 0.4) is 0 Å². The Morgan fingerprint density at radius 1 is 1.00 bits per heavy atom. The minimum atomic E-state index is 0.128. The number of carbonyl (C=O) groups is 1. The van der Waals surface area contributed by atoms with Gasteiger partial charge in [0.1, 0.15) is 0 Å². The summed E-state index contributed by atoms with van der Waals surface area (Å²) in [5, 5.41) is 3.04. The van der Waals surface area contributed by atoms with Crippen molar-refractivity contribution in [2.24, 2.45) is 0 Å². The van der Waals surface area contributed by atoms with Crippen LogP contribution in [0.4, 0.5) is 5.69 Å². The lowest BCUT2D eigenvalue weighted by Crippen LogP contribution is -2.49. The number of amides is 1. The number of hydrogen-bond acceptors (Lipinski definition) is 4. The molecule has 0 unspecified atom stereocenters. The van der Waals surface area contributed by atoms with Gasteiger partial charge in [0, 0.05) is 49.1 Å². The first-order valence-corrected chi connectivity index (χ1v) is 10.2. The van der Waals surface area contributed by atoms with Gasteiger partial charge in [-0.2, -0.15) is 0 Å². The van der Waals surface area contributed by atoms with Gasteiger partial charge in [-0.1, -0.05) is 36.4 Å². The van der Waals surface area contributed by atoms with Gasteiger partial charge in [0.05, 0.1) is 6.54 Å². The summed E-state index contributed by atoms with van der Waals surface area (Å²) in [5.74, 6) is 1.03. The molecule has 1 aliphatic rings. The molecule has 5 heteroatoms. The maximum absolute atomic E-state index is 12.2. The van der Waals surface area contributed by atoms with E-state index in [1.807, 2.05) is 18.2 Å². The van der Waals surface area contributed by atoms with Gasteiger partial charge in [-0.05, 0) is 30.7 Å². The number of para-hydroxylation sites is 1. The molecule has 0 aromatic heterocycles. The quantitative estimate of drug-likeness (QED) is 0.601. The van der Waals surface area contributed by atoms with Gasteiger partial charge in [-0.25, -0.2) is 0 Å². The fraction of sp³-hybridized carbons (Fsp3) is 0.381. The number of rotatable bonds is 7. The SMILES string of the molecule is Cc1ccccc1N1CCN(CC(=O)NCCSc2ccccc2)CC1. The molecular formula is C21H27N3OS. The molecule has 1 saturated heterocycles. The van der Waals surface area contributed by atoms with Gasteiger partial charge in [0.25, 0.3) is 0 Å². The Kier molecular flexibility index (Phi) is 6.97. The van der Waals surface area contributed by atoms with Gasteiger partial charge in [0.2, 0.25) is 5.91 Å². The molecule has 2 aromatic carbocycles. The highest BCUT2D eigenvalue weighted by Gasteiger charge is 2.19. The predicted molar refractivity (Wildman–Crippen MR) is 110 cm³/mol. The molecule has 0 saturated carbocycles. The molecule has 138 valence electrons. The predicted octanol–water partition coefficient (Wildman–Crippen LogP) is 3.03. The molecule has 0 aliphatic carbocycles. The fourth-order valence-electron chi connectivity index (χ4n) is 3.20. The van der Waals surface area contributed by atoms with Crippen molar-refractivity contribution in [3.63, 3.8) is 0 Å². The standard InChI is InChI=1S/C21H27N3OS/c1-18-7-5-6-10-20(18)24-14-12-23(13-15-24)17-21(25)22-11-16-26-19-8-3-2-4-9-19/h2-10H,11-17H2,1H3,(H,22,25). The van der Waals surface area contributed by atoms with Crippen LogP contribution in [0.15, 0.2) is 59.5 Å². The maximum atomic E-state index is 12.2. The molecule has 2 aromatic rings. The average Bonchev–Trinajstić information content (AvgIpc) is 2.67. The molecule has 1 fully saturated rings. The lowest BCUT2D eigenvalue weighted by Gasteiger charge is -2.36. The van der Waals surface area contributed by atoms with Crippen LogP contribution < -0.4 is 10.2 Å². The number of thioether (sulfide) groups is 1. The van der Waals surface area contributed by atoms with Crippen molar-refractivity contribution in [2.45, 2.75) is 11.8 Å². The first-order chi connectivity index (χ1) is 12.7. The van der Waals surface area contributed by atoms with Crippen LogP contribution in [0.2, 0.25) is 0 Å². The molecule has 26 heavy (non-hydrogen) atoms. The molecule has 0 radical (unpaired) electrons. The monoisotopic (exact) mass is 369 g/mol. The third-order valence-electron chi connectivity index (χ3n) is 4.63. The van der Waals surface area contributed by atoms with Crippen LogP contribution in [0, 0.1) is 6.92 Å². The Labute approximate surface area is 160 Å². The number of anilines is 1. The minimum Gasteiger partial charge on any atom is -0.369 e. The third-order valence-corrected chi connectivity index (χ3v) is 5.65. The largest absolute Gasteiger partial charge is 0.369 e. The van der Waals surface area contributed by atoms with E-state index >= 15 is 0 Å². The molecule has 3 rings (SSSR count). The number of aryl methyl sites for hydroxylation is 1. The molecule has 1 amide bonds. The molecular weight excluding hydrogens is 342 g/mol. The summed E-state index contributed by atoms with van der Waals surface area (Å²) < 4.78 is 0. The number of benzene rings is 2. The minimum absolute atomic E-state index is 0.128. The van der Waals surface area contributed by atoms with Gasteiger partial charge < -0.3 is 10.2 Å². The molecule has 0 spiro atoms. The second kappa shape index (κ2) is 9.64. The Balaban J connectivity index is 1.34. The topological polar surface area (TPSA) is 35.6 Å². The van der Waals surface area contributed by atoms with E-state index in [4.69, 9.17) is 0 Å². The zero-order valence-corrected chi connectivity index (χ0v) is 16.2. The van der Waals surface area contributed by atoms with E-state index in [9.17, 15) is 4.79 Å². The van der Waals surface area contributed by atoms with Crippen molar-refractivity contribution in [1.29, 1.82) is 0 Å². The highest BCUT2D eigenvalue weighted by molar-refractivity contribution is 7.99. The van der Waals surface area contributed by atoms with Gasteiger partial charge >= 0.3 is 0 Å². The van der Waals surface area contributed by atoms with E-state index < -0.39 is 0 Å². The van der Waals surface area contributed by atoms with Crippen LogP contribution in [0.25, 0.3) is 0 Å². The number of nitrogens with zero attached hydrogens (tertiary/aromatic N) is 2. The van der Waals surface area contributed by atoms with Crippen LogP contribution in [0.5, 0.6) is 0 Å². The van der Waals surface area contributed by atoms with E-state index in [0.29, 0.717) is 13.1 Å². The number of piperazine rings is 1. The Morgan fingerprint density at radius 3 is 2.42 bits per heavy atom. The number of hydrogen-bond donors (Lipinski definition) is 1. The van der Waals surface area contributed by atoms with Crippen LogP contribution in [-0.2, 0) is 4.79 Å². The third kappa shape index (κ3) is 5.51. The lowest BCUT2D eigenvalue weighted by molar-refractivity contribution is -0.122. The lowest BCUT2D eigenvalue weighted by atomic mass is 10.1. The summed E-state index contributed by atoms with van der Waals surface area (Å²) in [5.41, 5.74) is 2.63. The smallest absolute Gasteiger partial charge is 0.234 e. The number of nitrogens with one attached hydrogen (secondary N) is 1. The summed E-state index contributed by atoms with van der Waals surface area (Å²) in [6.07, 6.45) is 0. The summed E-state index contributed by atoms with van der Waals surface area (Å²) in [7, 11) is 0. The fourth-order valence-corrected chi connectivity index (χ4v) is 3.99. The van der Waals surface area contributed by atoms with Crippen molar-refractivity contribution in [2.75, 3.05) is 49.9 Å². The van der Waals surface area contributed by atoms with Crippen molar-refractivity contribution in [1.82, 2.24) is 10.2 Å². The van der Waals surface area contributed by atoms with E-state index in [1.165, 1.54) is 16.1 Å². The first-order valence-electron chi connectivity index (χ1n) is 9.20. The van der Waals surface area contributed by atoms with Crippen LogP contribution in [0.1, 0.15) is 5.56 Å². The van der Waals surface area contributed by atoms with Crippen molar-refractivity contribution in [3.8, 4) is 0 Å². The van der Waals surface area contributed by atoms with Crippen molar-refractivity contribution < 1.29 is 4.79 Å². The van der Waals surface area contributed by atoms with E-state index in [0.717, 1.165) is 31.9 Å². The molecule has 4 nitrogen and oxygen atoms in total. The highest BCUT2D eigenvalue weighted by Crippen LogP contribution is 2.20. The summed E-state index contributed by atoms with van der Waals surface area (Å²) in [6, 6.07) is 18.8. The number of carbonyl (C=O) groups excluding carboxylic acids is 1. The normalized spacial score (nSPS) is 15.0. The van der Waals surface area contributed by atoms with Crippen molar-refractivity contribution >= 4 is 23.4 Å². The Hall–Kier alpha value is -1.98. The van der Waals surface area contributed by atoms with Gasteiger partial charge in [-0.15, -0.1) is 11.8 Å². The zero-order chi connectivity index (χ0) is 18.2. The molecule has 1 aliphatic heterocycles. The van der Waals surface area contributed by atoms with Crippen LogP contribution >= 0.6 is 11.8 Å². The van der Waals surface area contributed by atoms with Crippen molar-refractivity contribution in [3.05, 3.63) is 60.2 Å². The second-order valence-corrected chi connectivity index (χ2v) is 7.73. The maximum Gasteiger partial charge on any atom is 0.234 e. The van der Waals surface area contributed by atoms with E-state index in [2.05, 4.69) is 58.4 Å². The van der Waals surface area contributed by atoms with Crippen LogP contribution in [-0.4, -0.2) is 55.8 Å². The van der Waals surface area contributed by atoms with Gasteiger partial charge in [0.15, 0.2) is 0 Å². The second-order valence-electron chi connectivity index (χ2n) is 6.56. The average molecular weight is 370 g/mol. The zero-order valence-electron chi connectivity index (χ0n) is 15.4. The summed E-state index contributed by atoms with van der Waals surface area (Å²) >= 11 is 1.77. The van der Waals surface area contributed by atoms with Gasteiger partial charge in [-0.3, -0.25) is 9.69 Å². The first kappa shape index (κ1) is 18.8. The molecule has 0 bridgehead atoms.